The molecular formula is C20H14O4. The minimum absolute atomic E-state index is 0.0763. The lowest BCUT2D eigenvalue weighted by molar-refractivity contribution is 0.306. The van der Waals surface area contributed by atoms with E-state index in [4.69, 9.17) is 9.15 Å². The second-order valence-electron chi connectivity index (χ2n) is 5.51. The summed E-state index contributed by atoms with van der Waals surface area (Å²) in [5.74, 6) is 0.543. The van der Waals surface area contributed by atoms with Crippen molar-refractivity contribution in [3.05, 3.63) is 82.5 Å². The molecule has 1 heterocycles. The molecule has 0 saturated carbocycles. The molecule has 4 rings (SSSR count). The fourth-order valence-corrected chi connectivity index (χ4v) is 2.69. The molecule has 1 aromatic heterocycles. The summed E-state index contributed by atoms with van der Waals surface area (Å²) in [5.41, 5.74) is 1.60. The Labute approximate surface area is 137 Å². The first kappa shape index (κ1) is 14.3. The summed E-state index contributed by atoms with van der Waals surface area (Å²) >= 11 is 0. The zero-order chi connectivity index (χ0) is 16.5. The van der Waals surface area contributed by atoms with Gasteiger partial charge in [-0.1, -0.05) is 36.4 Å². The highest BCUT2D eigenvalue weighted by atomic mass is 16.5. The van der Waals surface area contributed by atoms with Crippen LogP contribution in [-0.2, 0) is 6.61 Å². The predicted octanol–water partition coefficient (Wildman–Crippen LogP) is 4.23. The monoisotopic (exact) mass is 318 g/mol. The van der Waals surface area contributed by atoms with Crippen LogP contribution in [0, 0.1) is 0 Å². The van der Waals surface area contributed by atoms with Gasteiger partial charge in [-0.3, -0.25) is 4.79 Å². The minimum atomic E-state index is -0.251. The van der Waals surface area contributed by atoms with Crippen LogP contribution in [0.5, 0.6) is 11.5 Å². The number of hydrogen-bond acceptors (Lipinski definition) is 4. The second kappa shape index (κ2) is 5.74. The average molecular weight is 318 g/mol. The van der Waals surface area contributed by atoms with Gasteiger partial charge < -0.3 is 14.3 Å². The average Bonchev–Trinajstić information content (AvgIpc) is 2.61. The number of rotatable bonds is 3. The Hall–Kier alpha value is -3.27. The van der Waals surface area contributed by atoms with E-state index in [1.807, 2.05) is 30.3 Å². The molecule has 0 atom stereocenters. The maximum atomic E-state index is 12.5. The molecule has 3 aromatic carbocycles. The number of fused-ring (bicyclic) bond motifs is 2. The molecule has 0 aliphatic heterocycles. The van der Waals surface area contributed by atoms with Gasteiger partial charge in [-0.2, -0.15) is 0 Å². The van der Waals surface area contributed by atoms with Crippen molar-refractivity contribution in [2.75, 3.05) is 0 Å². The van der Waals surface area contributed by atoms with Crippen molar-refractivity contribution in [1.82, 2.24) is 0 Å². The Kier molecular flexibility index (Phi) is 3.43. The van der Waals surface area contributed by atoms with Gasteiger partial charge in [0.15, 0.2) is 0 Å². The van der Waals surface area contributed by atoms with Crippen LogP contribution >= 0.6 is 0 Å². The number of phenolic OH excluding ortho intramolecular Hbond substituents is 1. The second-order valence-corrected chi connectivity index (χ2v) is 5.51. The zero-order valence-corrected chi connectivity index (χ0v) is 12.7. The molecule has 4 aromatic rings. The SMILES string of the molecule is O=c1c2ccc(OCc3ccccc3)cc2oc2cccc(O)c12. The van der Waals surface area contributed by atoms with Crippen LogP contribution in [0.15, 0.2) is 75.9 Å². The molecule has 4 nitrogen and oxygen atoms in total. The molecule has 0 spiro atoms. The molecule has 0 aliphatic rings. The first-order chi connectivity index (χ1) is 11.7. The summed E-state index contributed by atoms with van der Waals surface area (Å²) in [5, 5.41) is 10.5. The lowest BCUT2D eigenvalue weighted by atomic mass is 10.1. The highest BCUT2D eigenvalue weighted by Gasteiger charge is 2.11. The Morgan fingerprint density at radius 3 is 2.58 bits per heavy atom. The fourth-order valence-electron chi connectivity index (χ4n) is 2.69. The van der Waals surface area contributed by atoms with E-state index in [-0.39, 0.29) is 16.6 Å². The Balaban J connectivity index is 1.75. The summed E-state index contributed by atoms with van der Waals surface area (Å²) in [7, 11) is 0. The molecule has 0 bridgehead atoms. The quantitative estimate of drug-likeness (QED) is 0.574. The van der Waals surface area contributed by atoms with Gasteiger partial charge in [0.1, 0.15) is 34.7 Å². The first-order valence-electron chi connectivity index (χ1n) is 7.58. The lowest BCUT2D eigenvalue weighted by Gasteiger charge is -2.08. The maximum absolute atomic E-state index is 12.5. The fraction of sp³-hybridized carbons (Fsp3) is 0.0500. The number of phenols is 1. The molecule has 0 amide bonds. The lowest BCUT2D eigenvalue weighted by Crippen LogP contribution is -2.03. The summed E-state index contributed by atoms with van der Waals surface area (Å²) in [6.45, 7) is 0.435. The van der Waals surface area contributed by atoms with Crippen LogP contribution in [0.25, 0.3) is 21.9 Å². The highest BCUT2D eigenvalue weighted by molar-refractivity contribution is 5.93. The first-order valence-corrected chi connectivity index (χ1v) is 7.58. The molecule has 0 saturated heterocycles. The standard InChI is InChI=1S/C20H14O4/c21-16-7-4-8-17-19(16)20(22)15-10-9-14(11-18(15)24-17)23-12-13-5-2-1-3-6-13/h1-11,21H,12H2. The van der Waals surface area contributed by atoms with E-state index < -0.39 is 0 Å². The van der Waals surface area contributed by atoms with Crippen LogP contribution in [-0.4, -0.2) is 5.11 Å². The van der Waals surface area contributed by atoms with Crippen molar-refractivity contribution in [3.63, 3.8) is 0 Å². The summed E-state index contributed by atoms with van der Waals surface area (Å²) < 4.78 is 11.5. The van der Waals surface area contributed by atoms with Crippen molar-refractivity contribution in [2.45, 2.75) is 6.61 Å². The van der Waals surface area contributed by atoms with E-state index in [9.17, 15) is 9.90 Å². The van der Waals surface area contributed by atoms with Crippen molar-refractivity contribution in [2.24, 2.45) is 0 Å². The normalized spacial score (nSPS) is 11.0. The third kappa shape index (κ3) is 2.48. The Morgan fingerprint density at radius 1 is 0.917 bits per heavy atom. The van der Waals surface area contributed by atoms with Crippen molar-refractivity contribution >= 4 is 21.9 Å². The highest BCUT2D eigenvalue weighted by Crippen LogP contribution is 2.27. The molecule has 24 heavy (non-hydrogen) atoms. The van der Waals surface area contributed by atoms with Crippen LogP contribution in [0.1, 0.15) is 5.56 Å². The van der Waals surface area contributed by atoms with Crippen molar-refractivity contribution < 1.29 is 14.3 Å². The molecular weight excluding hydrogens is 304 g/mol. The van der Waals surface area contributed by atoms with Gasteiger partial charge in [-0.15, -0.1) is 0 Å². The molecule has 1 N–H and O–H groups in total. The molecule has 0 fully saturated rings. The number of aromatic hydroxyl groups is 1. The molecule has 118 valence electrons. The molecule has 4 heteroatoms. The van der Waals surface area contributed by atoms with E-state index in [2.05, 4.69) is 0 Å². The Morgan fingerprint density at radius 2 is 1.75 bits per heavy atom. The van der Waals surface area contributed by atoms with E-state index in [0.29, 0.717) is 28.9 Å². The summed E-state index contributed by atoms with van der Waals surface area (Å²) in [4.78, 5) is 12.5. The molecule has 0 radical (unpaired) electrons. The number of benzene rings is 3. The van der Waals surface area contributed by atoms with Gasteiger partial charge in [-0.25, -0.2) is 0 Å². The molecule has 0 aliphatic carbocycles. The smallest absolute Gasteiger partial charge is 0.204 e. The maximum Gasteiger partial charge on any atom is 0.204 e. The predicted molar refractivity (Wildman–Crippen MR) is 92.4 cm³/mol. The summed E-state index contributed by atoms with van der Waals surface area (Å²) in [6, 6.07) is 19.7. The third-order valence-corrected chi connectivity index (χ3v) is 3.90. The van der Waals surface area contributed by atoms with Crippen LogP contribution in [0.3, 0.4) is 0 Å². The van der Waals surface area contributed by atoms with Crippen LogP contribution in [0.2, 0.25) is 0 Å². The summed E-state index contributed by atoms with van der Waals surface area (Å²) in [6.07, 6.45) is 0. The number of hydrogen-bond donors (Lipinski definition) is 1. The molecule has 0 unspecified atom stereocenters. The van der Waals surface area contributed by atoms with Crippen LogP contribution in [0.4, 0.5) is 0 Å². The van der Waals surface area contributed by atoms with Gasteiger partial charge in [0.25, 0.3) is 0 Å². The number of ether oxygens (including phenoxy) is 1. The van der Waals surface area contributed by atoms with E-state index in [0.717, 1.165) is 5.56 Å². The van der Waals surface area contributed by atoms with Gasteiger partial charge in [-0.05, 0) is 29.8 Å². The van der Waals surface area contributed by atoms with Gasteiger partial charge in [0.05, 0.1) is 5.39 Å². The van der Waals surface area contributed by atoms with E-state index in [1.54, 1.807) is 30.3 Å². The zero-order valence-electron chi connectivity index (χ0n) is 12.7. The van der Waals surface area contributed by atoms with Gasteiger partial charge in [0.2, 0.25) is 5.43 Å². The minimum Gasteiger partial charge on any atom is -0.507 e. The van der Waals surface area contributed by atoms with Crippen molar-refractivity contribution in [1.29, 1.82) is 0 Å². The van der Waals surface area contributed by atoms with Crippen LogP contribution < -0.4 is 10.2 Å². The topological polar surface area (TPSA) is 59.7 Å². The van der Waals surface area contributed by atoms with Gasteiger partial charge >= 0.3 is 0 Å². The Bertz CT molecular complexity index is 1080. The van der Waals surface area contributed by atoms with E-state index in [1.165, 1.54) is 6.07 Å². The van der Waals surface area contributed by atoms with Crippen molar-refractivity contribution in [3.8, 4) is 11.5 Å². The van der Waals surface area contributed by atoms with Gasteiger partial charge in [0, 0.05) is 6.07 Å². The largest absolute Gasteiger partial charge is 0.507 e. The van der Waals surface area contributed by atoms with E-state index >= 15 is 0 Å². The third-order valence-electron chi connectivity index (χ3n) is 3.90.